The molecule has 6 nitrogen and oxygen atoms in total. The normalized spacial score (nSPS) is 12.1. The Morgan fingerprint density at radius 3 is 0.875 bits per heavy atom. The first-order chi connectivity index (χ1) is 27.2. The summed E-state index contributed by atoms with van der Waals surface area (Å²) in [6, 6.07) is 0. The average Bonchev–Trinajstić information content (AvgIpc) is 3.16. The van der Waals surface area contributed by atoms with Crippen LogP contribution in [0.2, 0.25) is 0 Å². The number of carbonyl (C=O) groups is 3. The molecule has 0 saturated carbocycles. The molecule has 6 heteroatoms. The van der Waals surface area contributed by atoms with Crippen LogP contribution in [0.25, 0.3) is 0 Å². The lowest BCUT2D eigenvalue weighted by molar-refractivity contribution is -0.167. The van der Waals surface area contributed by atoms with Crippen LogP contribution in [0.4, 0.5) is 0 Å². The third-order valence-corrected chi connectivity index (χ3v) is 11.2. The van der Waals surface area contributed by atoms with Gasteiger partial charge in [-0.05, 0) is 31.1 Å². The van der Waals surface area contributed by atoms with Crippen LogP contribution in [0.5, 0.6) is 0 Å². The second-order valence-electron chi connectivity index (χ2n) is 18.1. The van der Waals surface area contributed by atoms with Gasteiger partial charge in [0.05, 0.1) is 0 Å². The highest BCUT2D eigenvalue weighted by Crippen LogP contribution is 2.17. The smallest absolute Gasteiger partial charge is 0.306 e. The van der Waals surface area contributed by atoms with E-state index in [2.05, 4.69) is 34.6 Å². The fourth-order valence-corrected chi connectivity index (χ4v) is 7.46. The minimum Gasteiger partial charge on any atom is -0.462 e. The Hall–Kier alpha value is -1.59. The second-order valence-corrected chi connectivity index (χ2v) is 18.1. The monoisotopic (exact) mass is 793 g/mol. The molecule has 56 heavy (non-hydrogen) atoms. The van der Waals surface area contributed by atoms with Crippen molar-refractivity contribution in [1.29, 1.82) is 0 Å². The predicted molar refractivity (Wildman–Crippen MR) is 238 cm³/mol. The Morgan fingerprint density at radius 1 is 0.339 bits per heavy atom. The van der Waals surface area contributed by atoms with E-state index >= 15 is 0 Å². The van der Waals surface area contributed by atoms with Crippen LogP contribution in [0.15, 0.2) is 0 Å². The number of carbonyl (C=O) groups excluding carboxylic acids is 3. The highest BCUT2D eigenvalue weighted by atomic mass is 16.6. The van der Waals surface area contributed by atoms with Crippen molar-refractivity contribution in [2.24, 2.45) is 11.8 Å². The van der Waals surface area contributed by atoms with Crippen LogP contribution in [0.3, 0.4) is 0 Å². The van der Waals surface area contributed by atoms with Gasteiger partial charge in [-0.2, -0.15) is 0 Å². The highest BCUT2D eigenvalue weighted by Gasteiger charge is 2.19. The lowest BCUT2D eigenvalue weighted by Gasteiger charge is -2.18. The van der Waals surface area contributed by atoms with Gasteiger partial charge in [-0.15, -0.1) is 0 Å². The number of rotatable bonds is 44. The molecule has 0 fully saturated rings. The highest BCUT2D eigenvalue weighted by molar-refractivity contribution is 5.71. The van der Waals surface area contributed by atoms with Crippen LogP contribution in [0, 0.1) is 11.8 Å². The standard InChI is InChI=1S/C50H96O6/c1-6-7-8-9-10-11-12-18-22-25-32-37-42-50(53)56-47(44-55-49(52)41-36-31-27-26-29-34-39-46(4)5)43-54-48(51)40-35-30-24-21-19-16-14-13-15-17-20-23-28-33-38-45(2)3/h45-47H,6-44H2,1-5H3/t47-/m0/s1. The van der Waals surface area contributed by atoms with Crippen molar-refractivity contribution in [2.45, 2.75) is 278 Å². The predicted octanol–water partition coefficient (Wildman–Crippen LogP) is 15.8. The fraction of sp³-hybridized carbons (Fsp3) is 0.940. The summed E-state index contributed by atoms with van der Waals surface area (Å²) < 4.78 is 16.7. The lowest BCUT2D eigenvalue weighted by Crippen LogP contribution is -2.30. The quantitative estimate of drug-likeness (QED) is 0.0347. The maximum atomic E-state index is 12.7. The SMILES string of the molecule is CCCCCCCCCCCCCCC(=O)O[C@@H](COC(=O)CCCCCCCCCCCCCCCCC(C)C)COC(=O)CCCCCCCCC(C)C. The van der Waals surface area contributed by atoms with Crippen molar-refractivity contribution in [3.8, 4) is 0 Å². The van der Waals surface area contributed by atoms with Crippen LogP contribution < -0.4 is 0 Å². The van der Waals surface area contributed by atoms with Crippen LogP contribution in [0.1, 0.15) is 272 Å². The van der Waals surface area contributed by atoms with Crippen LogP contribution in [-0.2, 0) is 28.6 Å². The number of ether oxygens (including phenoxy) is 3. The Balaban J connectivity index is 4.26. The van der Waals surface area contributed by atoms with E-state index in [1.54, 1.807) is 0 Å². The molecule has 0 radical (unpaired) electrons. The summed E-state index contributed by atoms with van der Waals surface area (Å²) in [6.07, 6.45) is 42.4. The van der Waals surface area contributed by atoms with Gasteiger partial charge in [0.15, 0.2) is 6.10 Å². The molecule has 0 amide bonds. The van der Waals surface area contributed by atoms with E-state index in [1.165, 1.54) is 161 Å². The lowest BCUT2D eigenvalue weighted by atomic mass is 10.0. The van der Waals surface area contributed by atoms with E-state index in [1.807, 2.05) is 0 Å². The maximum Gasteiger partial charge on any atom is 0.306 e. The topological polar surface area (TPSA) is 78.9 Å². The molecular weight excluding hydrogens is 697 g/mol. The van der Waals surface area contributed by atoms with E-state index in [0.29, 0.717) is 19.3 Å². The van der Waals surface area contributed by atoms with Gasteiger partial charge in [0.1, 0.15) is 13.2 Å². The Bertz CT molecular complexity index is 854. The van der Waals surface area contributed by atoms with Gasteiger partial charge in [0.2, 0.25) is 0 Å². The second kappa shape index (κ2) is 43.0. The Morgan fingerprint density at radius 2 is 0.589 bits per heavy atom. The van der Waals surface area contributed by atoms with E-state index in [4.69, 9.17) is 14.2 Å². The molecule has 0 aliphatic rings. The van der Waals surface area contributed by atoms with E-state index in [-0.39, 0.29) is 31.1 Å². The van der Waals surface area contributed by atoms with Gasteiger partial charge in [-0.25, -0.2) is 0 Å². The molecule has 0 aromatic heterocycles. The summed E-state index contributed by atoms with van der Waals surface area (Å²) in [7, 11) is 0. The molecule has 0 aliphatic carbocycles. The van der Waals surface area contributed by atoms with Gasteiger partial charge >= 0.3 is 17.9 Å². The molecule has 0 unspecified atom stereocenters. The zero-order valence-corrected chi connectivity index (χ0v) is 38.3. The van der Waals surface area contributed by atoms with Crippen molar-refractivity contribution in [2.75, 3.05) is 13.2 Å². The molecule has 0 bridgehead atoms. The minimum atomic E-state index is -0.761. The molecule has 0 aliphatic heterocycles. The minimum absolute atomic E-state index is 0.0647. The first-order valence-electron chi connectivity index (χ1n) is 24.7. The van der Waals surface area contributed by atoms with Gasteiger partial charge in [0.25, 0.3) is 0 Å². The molecule has 332 valence electrons. The maximum absolute atomic E-state index is 12.7. The van der Waals surface area contributed by atoms with Crippen molar-refractivity contribution >= 4 is 17.9 Å². The summed E-state index contributed by atoms with van der Waals surface area (Å²) >= 11 is 0. The van der Waals surface area contributed by atoms with Gasteiger partial charge in [-0.3, -0.25) is 14.4 Å². The first kappa shape index (κ1) is 54.4. The van der Waals surface area contributed by atoms with E-state index in [0.717, 1.165) is 69.6 Å². The van der Waals surface area contributed by atoms with E-state index < -0.39 is 6.10 Å². The number of esters is 3. The molecule has 0 heterocycles. The summed E-state index contributed by atoms with van der Waals surface area (Å²) in [5, 5.41) is 0. The van der Waals surface area contributed by atoms with E-state index in [9.17, 15) is 14.4 Å². The zero-order chi connectivity index (χ0) is 41.2. The molecule has 1 atom stereocenters. The fourth-order valence-electron chi connectivity index (χ4n) is 7.46. The van der Waals surface area contributed by atoms with Crippen molar-refractivity contribution in [1.82, 2.24) is 0 Å². The zero-order valence-electron chi connectivity index (χ0n) is 38.3. The number of unbranched alkanes of at least 4 members (excludes halogenated alkanes) is 29. The van der Waals surface area contributed by atoms with Gasteiger partial charge in [0, 0.05) is 19.3 Å². The third-order valence-electron chi connectivity index (χ3n) is 11.2. The number of hydrogen-bond donors (Lipinski definition) is 0. The van der Waals surface area contributed by atoms with Crippen molar-refractivity contribution in [3.63, 3.8) is 0 Å². The van der Waals surface area contributed by atoms with Gasteiger partial charge < -0.3 is 14.2 Å². The van der Waals surface area contributed by atoms with Gasteiger partial charge in [-0.1, -0.05) is 234 Å². The Labute approximate surface area is 348 Å². The molecule has 0 aromatic rings. The molecule has 0 aromatic carbocycles. The first-order valence-corrected chi connectivity index (χ1v) is 24.7. The molecule has 0 rings (SSSR count). The molecular formula is C50H96O6. The third kappa shape index (κ3) is 43.5. The summed E-state index contributed by atoms with van der Waals surface area (Å²) in [6.45, 7) is 11.3. The van der Waals surface area contributed by atoms with Crippen LogP contribution >= 0.6 is 0 Å². The van der Waals surface area contributed by atoms with Crippen molar-refractivity contribution < 1.29 is 28.6 Å². The Kier molecular flexibility index (Phi) is 41.8. The molecule has 0 N–H and O–H groups in total. The summed E-state index contributed by atoms with van der Waals surface area (Å²) in [5.74, 6) is 0.752. The molecule has 0 saturated heterocycles. The molecule has 0 spiro atoms. The largest absolute Gasteiger partial charge is 0.462 e. The summed E-state index contributed by atoms with van der Waals surface area (Å²) in [5.41, 5.74) is 0. The average molecular weight is 793 g/mol. The summed E-state index contributed by atoms with van der Waals surface area (Å²) in [4.78, 5) is 37.8. The van der Waals surface area contributed by atoms with Crippen LogP contribution in [-0.4, -0.2) is 37.2 Å². The van der Waals surface area contributed by atoms with Crippen molar-refractivity contribution in [3.05, 3.63) is 0 Å². The number of hydrogen-bond acceptors (Lipinski definition) is 6.